The van der Waals surface area contributed by atoms with E-state index in [4.69, 9.17) is 4.98 Å². The Labute approximate surface area is 210 Å². The van der Waals surface area contributed by atoms with Gasteiger partial charge >= 0.3 is 0 Å². The van der Waals surface area contributed by atoms with Gasteiger partial charge in [0, 0.05) is 34.8 Å². The third kappa shape index (κ3) is 3.16. The summed E-state index contributed by atoms with van der Waals surface area (Å²) < 4.78 is 2.96. The first-order valence-corrected chi connectivity index (χ1v) is 12.3. The van der Waals surface area contributed by atoms with Crippen LogP contribution in [0.5, 0.6) is 0 Å². The van der Waals surface area contributed by atoms with E-state index < -0.39 is 0 Å². The molecule has 36 heavy (non-hydrogen) atoms. The van der Waals surface area contributed by atoms with Crippen molar-refractivity contribution in [2.75, 3.05) is 0 Å². The lowest BCUT2D eigenvalue weighted by Gasteiger charge is -2.07. The highest BCUT2D eigenvalue weighted by atomic mass is 32.1. The zero-order valence-electron chi connectivity index (χ0n) is 18.9. The number of ketones is 2. The minimum absolute atomic E-state index is 0.176. The number of benzene rings is 3. The fourth-order valence-corrected chi connectivity index (χ4v) is 5.74. The molecule has 0 spiro atoms. The summed E-state index contributed by atoms with van der Waals surface area (Å²) in [5.74, 6) is -0.483. The number of allylic oxidation sites excluding steroid dienone is 1. The molecule has 1 aliphatic rings. The summed E-state index contributed by atoms with van der Waals surface area (Å²) in [5, 5.41) is 2.75. The Kier molecular flexibility index (Phi) is 4.56. The maximum Gasteiger partial charge on any atom is 0.197 e. The van der Waals surface area contributed by atoms with Crippen molar-refractivity contribution >= 4 is 50.1 Å². The van der Waals surface area contributed by atoms with Crippen molar-refractivity contribution in [3.63, 3.8) is 0 Å². The molecule has 7 rings (SSSR count). The molecule has 0 N–H and O–H groups in total. The van der Waals surface area contributed by atoms with Gasteiger partial charge in [-0.25, -0.2) is 4.98 Å². The van der Waals surface area contributed by atoms with Gasteiger partial charge in [0.2, 0.25) is 0 Å². The van der Waals surface area contributed by atoms with Crippen molar-refractivity contribution in [3.05, 3.63) is 120 Å². The summed E-state index contributed by atoms with van der Waals surface area (Å²) in [7, 11) is 0. The molecule has 0 bridgehead atoms. The van der Waals surface area contributed by atoms with Gasteiger partial charge in [-0.1, -0.05) is 42.5 Å². The third-order valence-electron chi connectivity index (χ3n) is 6.46. The van der Waals surface area contributed by atoms with Gasteiger partial charge in [-0.2, -0.15) is 0 Å². The molecule has 0 radical (unpaired) electrons. The van der Waals surface area contributed by atoms with Crippen molar-refractivity contribution in [3.8, 4) is 16.3 Å². The Morgan fingerprint density at radius 1 is 0.778 bits per heavy atom. The number of pyridine rings is 1. The average Bonchev–Trinajstić information content (AvgIpc) is 3.55. The van der Waals surface area contributed by atoms with Crippen molar-refractivity contribution in [1.29, 1.82) is 0 Å². The van der Waals surface area contributed by atoms with E-state index in [1.807, 2.05) is 89.5 Å². The molecule has 0 amide bonds. The smallest absolute Gasteiger partial charge is 0.197 e. The minimum Gasteiger partial charge on any atom is -0.294 e. The Morgan fingerprint density at radius 3 is 2.14 bits per heavy atom. The largest absolute Gasteiger partial charge is 0.294 e. The average molecular weight is 484 g/mol. The SMILES string of the molecule is O=C1C(=Cc2cc3sc(-c4cccnc4)nc3n2-c2ccccc2)C(=O)c2cc3ccccc3cc21. The molecule has 3 aromatic carbocycles. The standard InChI is InChI=1S/C30H17N3O2S/c34-27-23-13-18-7-4-5-8-19(18)14-24(23)28(35)25(27)15-22-16-26-29(33(22)21-10-2-1-3-11-21)32-30(36-26)20-9-6-12-31-17-20/h1-17H. The number of nitrogens with zero attached hydrogens (tertiary/aromatic N) is 3. The van der Waals surface area contributed by atoms with Crippen LogP contribution in [0.15, 0.2) is 103 Å². The molecular formula is C30H17N3O2S. The molecule has 0 aliphatic heterocycles. The first-order valence-electron chi connectivity index (χ1n) is 11.5. The van der Waals surface area contributed by atoms with Crippen LogP contribution in [0.4, 0.5) is 0 Å². The molecule has 0 saturated carbocycles. The maximum atomic E-state index is 13.4. The summed E-state index contributed by atoms with van der Waals surface area (Å²) in [6.07, 6.45) is 5.24. The second kappa shape index (κ2) is 7.93. The number of para-hydroxylation sites is 1. The zero-order chi connectivity index (χ0) is 24.2. The van der Waals surface area contributed by atoms with E-state index in [-0.39, 0.29) is 17.1 Å². The van der Waals surface area contributed by atoms with Crippen molar-refractivity contribution < 1.29 is 9.59 Å². The lowest BCUT2D eigenvalue weighted by Crippen LogP contribution is -2.03. The van der Waals surface area contributed by atoms with Gasteiger partial charge in [-0.15, -0.1) is 11.3 Å². The van der Waals surface area contributed by atoms with Crippen LogP contribution in [0.2, 0.25) is 0 Å². The fraction of sp³-hybridized carbons (Fsp3) is 0. The molecule has 6 aromatic rings. The maximum absolute atomic E-state index is 13.4. The van der Waals surface area contributed by atoms with E-state index in [0.717, 1.165) is 43.1 Å². The molecule has 0 fully saturated rings. The van der Waals surface area contributed by atoms with E-state index in [1.54, 1.807) is 29.8 Å². The second-order valence-corrected chi connectivity index (χ2v) is 9.68. The number of Topliss-reactive ketones (excluding diaryl/α,β-unsaturated/α-hetero) is 2. The second-order valence-electron chi connectivity index (χ2n) is 8.65. The summed E-state index contributed by atoms with van der Waals surface area (Å²) in [6.45, 7) is 0. The Bertz CT molecular complexity index is 1810. The molecule has 0 saturated heterocycles. The number of thiazole rings is 1. The van der Waals surface area contributed by atoms with Gasteiger partial charge < -0.3 is 0 Å². The molecule has 5 nitrogen and oxygen atoms in total. The van der Waals surface area contributed by atoms with Crippen LogP contribution >= 0.6 is 11.3 Å². The molecule has 0 unspecified atom stereocenters. The fourth-order valence-electron chi connectivity index (χ4n) is 4.75. The number of carbonyl (C=O) groups is 2. The van der Waals surface area contributed by atoms with Crippen molar-refractivity contribution in [2.24, 2.45) is 0 Å². The van der Waals surface area contributed by atoms with Crippen LogP contribution in [0.1, 0.15) is 26.4 Å². The van der Waals surface area contributed by atoms with Crippen LogP contribution in [0, 0.1) is 0 Å². The topological polar surface area (TPSA) is 64.8 Å². The molecule has 6 heteroatoms. The summed E-state index contributed by atoms with van der Waals surface area (Å²) in [6, 6.07) is 27.1. The van der Waals surface area contributed by atoms with Crippen LogP contribution in [0.3, 0.4) is 0 Å². The van der Waals surface area contributed by atoms with Crippen molar-refractivity contribution in [2.45, 2.75) is 0 Å². The normalized spacial score (nSPS) is 13.1. The first kappa shape index (κ1) is 20.7. The van der Waals surface area contributed by atoms with Gasteiger partial charge in [0.1, 0.15) is 5.01 Å². The van der Waals surface area contributed by atoms with E-state index in [1.165, 1.54) is 0 Å². The van der Waals surface area contributed by atoms with Gasteiger partial charge in [0.15, 0.2) is 17.2 Å². The van der Waals surface area contributed by atoms with Crippen molar-refractivity contribution in [1.82, 2.24) is 14.5 Å². The minimum atomic E-state index is -0.242. The first-order chi connectivity index (χ1) is 17.7. The zero-order valence-corrected chi connectivity index (χ0v) is 19.7. The molecule has 3 aromatic heterocycles. The summed E-state index contributed by atoms with van der Waals surface area (Å²) in [4.78, 5) is 35.9. The number of hydrogen-bond donors (Lipinski definition) is 0. The molecule has 1 aliphatic carbocycles. The molecule has 170 valence electrons. The van der Waals surface area contributed by atoms with E-state index >= 15 is 0 Å². The number of hydrogen-bond acceptors (Lipinski definition) is 5. The molecule has 3 heterocycles. The Balaban J connectivity index is 1.40. The number of carbonyl (C=O) groups excluding carboxylic acids is 2. The van der Waals surface area contributed by atoms with Crippen LogP contribution < -0.4 is 0 Å². The summed E-state index contributed by atoms with van der Waals surface area (Å²) in [5.41, 5.74) is 4.46. The highest BCUT2D eigenvalue weighted by Crippen LogP contribution is 2.36. The van der Waals surface area contributed by atoms with Gasteiger partial charge in [-0.3, -0.25) is 19.1 Å². The lowest BCUT2D eigenvalue weighted by molar-refractivity contribution is 0.0990. The van der Waals surface area contributed by atoms with E-state index in [0.29, 0.717) is 11.1 Å². The molecular weight excluding hydrogens is 466 g/mol. The lowest BCUT2D eigenvalue weighted by atomic mass is 10.0. The quantitative estimate of drug-likeness (QED) is 0.206. The van der Waals surface area contributed by atoms with Crippen LogP contribution in [0.25, 0.3) is 43.5 Å². The van der Waals surface area contributed by atoms with Gasteiger partial charge in [0.05, 0.1) is 16.0 Å². The third-order valence-corrected chi connectivity index (χ3v) is 7.50. The van der Waals surface area contributed by atoms with Gasteiger partial charge in [0.25, 0.3) is 0 Å². The molecule has 0 atom stereocenters. The monoisotopic (exact) mass is 483 g/mol. The highest BCUT2D eigenvalue weighted by Gasteiger charge is 2.34. The summed E-state index contributed by atoms with van der Waals surface area (Å²) >= 11 is 1.56. The Morgan fingerprint density at radius 2 is 1.47 bits per heavy atom. The number of aromatic nitrogens is 3. The van der Waals surface area contributed by atoms with Crippen LogP contribution in [-0.2, 0) is 0 Å². The Hall–Kier alpha value is -4.68. The highest BCUT2D eigenvalue weighted by molar-refractivity contribution is 7.21. The predicted octanol–water partition coefficient (Wildman–Crippen LogP) is 6.76. The van der Waals surface area contributed by atoms with E-state index in [9.17, 15) is 9.59 Å². The number of rotatable bonds is 3. The van der Waals surface area contributed by atoms with Crippen LogP contribution in [-0.4, -0.2) is 26.1 Å². The predicted molar refractivity (Wildman–Crippen MR) is 143 cm³/mol. The van der Waals surface area contributed by atoms with E-state index in [2.05, 4.69) is 4.98 Å². The van der Waals surface area contributed by atoms with Gasteiger partial charge in [-0.05, 0) is 59.3 Å². The number of fused-ring (bicyclic) bond motifs is 3.